The molecule has 0 radical (unpaired) electrons. The number of rotatable bonds is 4. The number of hydroxylamine groups is 1. The van der Waals surface area contributed by atoms with Crippen molar-refractivity contribution in [1.29, 1.82) is 0 Å². The van der Waals surface area contributed by atoms with E-state index in [1.54, 1.807) is 13.2 Å². The Morgan fingerprint density at radius 2 is 2.31 bits per heavy atom. The maximum absolute atomic E-state index is 12.9. The van der Waals surface area contributed by atoms with Crippen molar-refractivity contribution in [3.05, 3.63) is 35.4 Å². The van der Waals surface area contributed by atoms with E-state index in [-0.39, 0.29) is 0 Å². The predicted octanol–water partition coefficient (Wildman–Crippen LogP) is 2.37. The quantitative estimate of drug-likeness (QED) is 0.723. The molecule has 1 atom stereocenters. The van der Waals surface area contributed by atoms with E-state index in [1.807, 2.05) is 18.2 Å². The van der Waals surface area contributed by atoms with Crippen LogP contribution in [0.2, 0.25) is 0 Å². The van der Waals surface area contributed by atoms with E-state index in [4.69, 9.17) is 4.84 Å². The van der Waals surface area contributed by atoms with Gasteiger partial charge in [0.1, 0.15) is 6.17 Å². The van der Waals surface area contributed by atoms with Crippen LogP contribution in [0.3, 0.4) is 0 Å². The monoisotopic (exact) mass is 183 g/mol. The van der Waals surface area contributed by atoms with Crippen LogP contribution in [0.5, 0.6) is 0 Å². The van der Waals surface area contributed by atoms with E-state index in [2.05, 4.69) is 5.48 Å². The average Bonchev–Trinajstić information content (AvgIpc) is 2.15. The maximum atomic E-state index is 12.9. The summed E-state index contributed by atoms with van der Waals surface area (Å²) in [6.45, 7) is 2.12. The molecule has 0 heterocycles. The van der Waals surface area contributed by atoms with Crippen molar-refractivity contribution in [1.82, 2.24) is 5.48 Å². The van der Waals surface area contributed by atoms with E-state index < -0.39 is 6.17 Å². The van der Waals surface area contributed by atoms with E-state index in [1.165, 1.54) is 6.92 Å². The lowest BCUT2D eigenvalue weighted by Crippen LogP contribution is -2.10. The molecule has 0 bridgehead atoms. The lowest BCUT2D eigenvalue weighted by atomic mass is 10.1. The van der Waals surface area contributed by atoms with Crippen LogP contribution in [-0.2, 0) is 11.4 Å². The molecule has 1 unspecified atom stereocenters. The zero-order valence-electron chi connectivity index (χ0n) is 7.88. The molecule has 0 aliphatic carbocycles. The number of hydrogen-bond donors (Lipinski definition) is 1. The van der Waals surface area contributed by atoms with Gasteiger partial charge in [-0.1, -0.05) is 24.3 Å². The van der Waals surface area contributed by atoms with Gasteiger partial charge in [0.25, 0.3) is 0 Å². The van der Waals surface area contributed by atoms with Crippen molar-refractivity contribution in [3.8, 4) is 0 Å². The lowest BCUT2D eigenvalue weighted by molar-refractivity contribution is 0.0867. The van der Waals surface area contributed by atoms with Gasteiger partial charge in [-0.15, -0.1) is 0 Å². The molecule has 0 amide bonds. The Morgan fingerprint density at radius 3 is 2.92 bits per heavy atom. The molecular formula is C10H14FNO. The second-order valence-corrected chi connectivity index (χ2v) is 2.89. The van der Waals surface area contributed by atoms with Gasteiger partial charge in [-0.05, 0) is 18.1 Å². The van der Waals surface area contributed by atoms with Crippen LogP contribution in [0.25, 0.3) is 0 Å². The first-order valence-corrected chi connectivity index (χ1v) is 4.23. The molecule has 2 nitrogen and oxygen atoms in total. The van der Waals surface area contributed by atoms with Crippen LogP contribution in [0.4, 0.5) is 4.39 Å². The Hall–Kier alpha value is -0.930. The molecule has 0 aromatic heterocycles. The maximum Gasteiger partial charge on any atom is 0.122 e. The second kappa shape index (κ2) is 4.94. The Balaban J connectivity index is 2.68. The molecule has 0 aliphatic rings. The highest BCUT2D eigenvalue weighted by Gasteiger charge is 2.02. The Bertz CT molecular complexity index is 263. The van der Waals surface area contributed by atoms with Gasteiger partial charge in [0.2, 0.25) is 0 Å². The van der Waals surface area contributed by atoms with E-state index in [0.717, 1.165) is 5.56 Å². The largest absolute Gasteiger partial charge is 0.305 e. The Kier molecular flexibility index (Phi) is 3.86. The highest BCUT2D eigenvalue weighted by molar-refractivity contribution is 5.24. The highest BCUT2D eigenvalue weighted by atomic mass is 19.1. The zero-order chi connectivity index (χ0) is 9.68. The van der Waals surface area contributed by atoms with E-state index in [9.17, 15) is 4.39 Å². The third kappa shape index (κ3) is 3.13. The van der Waals surface area contributed by atoms with Crippen molar-refractivity contribution in [3.63, 3.8) is 0 Å². The summed E-state index contributed by atoms with van der Waals surface area (Å²) in [5, 5.41) is 0. The topological polar surface area (TPSA) is 21.3 Å². The molecule has 0 fully saturated rings. The van der Waals surface area contributed by atoms with Crippen molar-refractivity contribution in [2.45, 2.75) is 19.6 Å². The first-order chi connectivity index (χ1) is 6.24. The minimum absolute atomic E-state index is 0.594. The summed E-state index contributed by atoms with van der Waals surface area (Å²) >= 11 is 0. The van der Waals surface area contributed by atoms with Crippen LogP contribution < -0.4 is 5.48 Å². The molecule has 3 heteroatoms. The minimum atomic E-state index is -0.914. The number of benzene rings is 1. The summed E-state index contributed by atoms with van der Waals surface area (Å²) in [4.78, 5) is 4.70. The molecule has 1 aromatic carbocycles. The van der Waals surface area contributed by atoms with E-state index in [0.29, 0.717) is 12.1 Å². The van der Waals surface area contributed by atoms with Crippen LogP contribution in [0, 0.1) is 0 Å². The first-order valence-electron chi connectivity index (χ1n) is 4.23. The summed E-state index contributed by atoms with van der Waals surface area (Å²) in [5.74, 6) is 0. The molecule has 1 aromatic rings. The lowest BCUT2D eigenvalue weighted by Gasteiger charge is -2.06. The molecule has 13 heavy (non-hydrogen) atoms. The number of hydrogen-bond acceptors (Lipinski definition) is 2. The fourth-order valence-electron chi connectivity index (χ4n) is 1.11. The summed E-state index contributed by atoms with van der Waals surface area (Å²) in [7, 11) is 1.56. The minimum Gasteiger partial charge on any atom is -0.305 e. The summed E-state index contributed by atoms with van der Waals surface area (Å²) in [6.07, 6.45) is -0.914. The van der Waals surface area contributed by atoms with Crippen LogP contribution in [0.1, 0.15) is 24.2 Å². The third-order valence-electron chi connectivity index (χ3n) is 1.83. The summed E-state index contributed by atoms with van der Waals surface area (Å²) in [6, 6.07) is 7.38. The molecule has 0 spiro atoms. The van der Waals surface area contributed by atoms with Crippen molar-refractivity contribution >= 4 is 0 Å². The molecule has 0 saturated heterocycles. The van der Waals surface area contributed by atoms with E-state index >= 15 is 0 Å². The zero-order valence-corrected chi connectivity index (χ0v) is 7.88. The van der Waals surface area contributed by atoms with Gasteiger partial charge in [0.05, 0.1) is 7.11 Å². The van der Waals surface area contributed by atoms with Crippen LogP contribution >= 0.6 is 0 Å². The first kappa shape index (κ1) is 10.2. The Labute approximate surface area is 77.7 Å². The molecule has 1 N–H and O–H groups in total. The van der Waals surface area contributed by atoms with Gasteiger partial charge in [-0.2, -0.15) is 5.48 Å². The molecule has 0 aliphatic heterocycles. The van der Waals surface area contributed by atoms with Gasteiger partial charge < -0.3 is 4.84 Å². The molecular weight excluding hydrogens is 169 g/mol. The van der Waals surface area contributed by atoms with Crippen LogP contribution in [-0.4, -0.2) is 7.11 Å². The van der Waals surface area contributed by atoms with Gasteiger partial charge in [-0.25, -0.2) is 4.39 Å². The summed E-state index contributed by atoms with van der Waals surface area (Å²) < 4.78 is 12.9. The fourth-order valence-corrected chi connectivity index (χ4v) is 1.11. The van der Waals surface area contributed by atoms with Gasteiger partial charge in [0, 0.05) is 6.54 Å². The highest BCUT2D eigenvalue weighted by Crippen LogP contribution is 2.17. The normalized spacial score (nSPS) is 12.8. The SMILES string of the molecule is CONCc1cccc(C(C)F)c1. The fraction of sp³-hybridized carbons (Fsp3) is 0.400. The second-order valence-electron chi connectivity index (χ2n) is 2.89. The summed E-state index contributed by atoms with van der Waals surface area (Å²) in [5.41, 5.74) is 4.43. The number of halogens is 1. The number of alkyl halides is 1. The predicted molar refractivity (Wildman–Crippen MR) is 49.8 cm³/mol. The molecule has 72 valence electrons. The van der Waals surface area contributed by atoms with Crippen molar-refractivity contribution in [2.75, 3.05) is 7.11 Å². The molecule has 0 saturated carbocycles. The Morgan fingerprint density at radius 1 is 1.54 bits per heavy atom. The smallest absolute Gasteiger partial charge is 0.122 e. The van der Waals surface area contributed by atoms with Crippen molar-refractivity contribution in [2.24, 2.45) is 0 Å². The van der Waals surface area contributed by atoms with Crippen LogP contribution in [0.15, 0.2) is 24.3 Å². The third-order valence-corrected chi connectivity index (χ3v) is 1.83. The van der Waals surface area contributed by atoms with Gasteiger partial charge >= 0.3 is 0 Å². The van der Waals surface area contributed by atoms with Gasteiger partial charge in [-0.3, -0.25) is 0 Å². The van der Waals surface area contributed by atoms with Crippen molar-refractivity contribution < 1.29 is 9.23 Å². The standard InChI is InChI=1S/C10H14FNO/c1-8(11)10-5-3-4-9(6-10)7-12-13-2/h3-6,8,12H,7H2,1-2H3. The molecule has 1 rings (SSSR count). The average molecular weight is 183 g/mol. The van der Waals surface area contributed by atoms with Gasteiger partial charge in [0.15, 0.2) is 0 Å². The number of nitrogens with one attached hydrogen (secondary N) is 1.